The van der Waals surface area contributed by atoms with Crippen LogP contribution in [0.5, 0.6) is 0 Å². The van der Waals surface area contributed by atoms with Crippen LogP contribution in [0.4, 0.5) is 0 Å². The minimum atomic E-state index is 0. The van der Waals surface area contributed by atoms with Crippen molar-refractivity contribution < 1.29 is 118 Å². The van der Waals surface area contributed by atoms with Crippen LogP contribution in [0.15, 0.2) is 0 Å². The van der Waals surface area contributed by atoms with Crippen LogP contribution in [-0.2, 0) is 21.1 Å². The van der Waals surface area contributed by atoms with Gasteiger partial charge in [0.25, 0.3) is 0 Å². The van der Waals surface area contributed by atoms with Gasteiger partial charge in [0.1, 0.15) is 0 Å². The van der Waals surface area contributed by atoms with Crippen molar-refractivity contribution in [3.63, 3.8) is 0 Å². The fourth-order valence-corrected chi connectivity index (χ4v) is 0. The van der Waals surface area contributed by atoms with E-state index in [0.29, 0.717) is 0 Å². The normalized spacial score (nSPS) is 0. The molecule has 4 heavy (non-hydrogen) atoms. The zero-order chi connectivity index (χ0) is 0. The fraction of sp³-hybridized carbons (Fsp3) is 0. The number of hydrogen-bond acceptors (Lipinski definition) is 0. The molecule has 0 radical (unpaired) electrons. The van der Waals surface area contributed by atoms with E-state index in [1.807, 2.05) is 0 Å². The Hall–Kier alpha value is 4.47. The quantitative estimate of drug-likeness (QED) is 0.386. The molecule has 0 amide bonds. The SMILES string of the molecule is [Ce].[H-].[H-].[H-].[K+].[Mg+2].[W]. The molecule has 0 unspecified atom stereocenters. The maximum atomic E-state index is 0. The van der Waals surface area contributed by atoms with Gasteiger partial charge >= 0.3 is 74.4 Å². The summed E-state index contributed by atoms with van der Waals surface area (Å²) in [6.45, 7) is 0. The molecule has 0 nitrogen and oxygen atoms in total. The topological polar surface area (TPSA) is 0 Å². The van der Waals surface area contributed by atoms with Crippen molar-refractivity contribution in [2.45, 2.75) is 0 Å². The summed E-state index contributed by atoms with van der Waals surface area (Å²) in [4.78, 5) is 0. The number of rotatable bonds is 0. The minimum absolute atomic E-state index is 0. The molecular weight excluding hydrogens is 387 g/mol. The summed E-state index contributed by atoms with van der Waals surface area (Å²) in [5.74, 6) is 0. The summed E-state index contributed by atoms with van der Waals surface area (Å²) in [6, 6.07) is 0. The van der Waals surface area contributed by atoms with E-state index in [2.05, 4.69) is 0 Å². The molecule has 0 fully saturated rings. The molecule has 0 N–H and O–H groups in total. The minimum Gasteiger partial charge on any atom is -1.00 e. The van der Waals surface area contributed by atoms with Gasteiger partial charge in [0.15, 0.2) is 0 Å². The average Bonchev–Trinajstić information content (AvgIpc) is 0. The van der Waals surface area contributed by atoms with E-state index in [1.54, 1.807) is 0 Å². The molecule has 0 aliphatic heterocycles. The first-order valence-electron chi connectivity index (χ1n) is 0. The third kappa shape index (κ3) is 9.69. The Labute approximate surface area is 137 Å². The molecule has 0 heterocycles. The van der Waals surface area contributed by atoms with Gasteiger partial charge in [-0.25, -0.2) is 0 Å². The Balaban J connectivity index is 0. The third-order valence-electron chi connectivity index (χ3n) is 0. The maximum absolute atomic E-state index is 0. The van der Waals surface area contributed by atoms with E-state index >= 15 is 0 Å². The predicted octanol–water partition coefficient (Wildman–Crippen LogP) is -3.04. The van der Waals surface area contributed by atoms with Gasteiger partial charge in [0.2, 0.25) is 0 Å². The molecule has 0 atom stereocenters. The molecule has 0 bridgehead atoms. The summed E-state index contributed by atoms with van der Waals surface area (Å²) in [5, 5.41) is 0. The molecule has 0 aliphatic carbocycles. The van der Waals surface area contributed by atoms with Crippen molar-refractivity contribution in [3.8, 4) is 0 Å². The van der Waals surface area contributed by atoms with Crippen molar-refractivity contribution >= 4 is 23.1 Å². The van der Waals surface area contributed by atoms with Gasteiger partial charge in [-0.1, -0.05) is 0 Å². The Morgan fingerprint density at radius 1 is 1.25 bits per heavy atom. The van der Waals surface area contributed by atoms with Crippen LogP contribution in [0.25, 0.3) is 0 Å². The second-order valence-corrected chi connectivity index (χ2v) is 0. The molecule has 0 spiro atoms. The molecule has 0 saturated carbocycles. The van der Waals surface area contributed by atoms with Crippen LogP contribution in [0, 0.1) is 41.7 Å². The van der Waals surface area contributed by atoms with E-state index in [4.69, 9.17) is 0 Å². The first kappa shape index (κ1) is 23.7. The molecule has 0 saturated heterocycles. The largest absolute Gasteiger partial charge is 2.00 e. The van der Waals surface area contributed by atoms with Crippen LogP contribution < -0.4 is 51.4 Å². The van der Waals surface area contributed by atoms with Gasteiger partial charge in [-0.15, -0.1) is 0 Å². The number of hydrogen-bond donors (Lipinski definition) is 0. The van der Waals surface area contributed by atoms with Crippen molar-refractivity contribution in [1.82, 2.24) is 0 Å². The summed E-state index contributed by atoms with van der Waals surface area (Å²) in [7, 11) is 0. The molecule has 0 rings (SSSR count). The molecule has 0 aromatic heterocycles. The third-order valence-corrected chi connectivity index (χ3v) is 0. The Bertz CT molecular complexity index is 14.9. The predicted molar refractivity (Wildman–Crippen MR) is 9.09 cm³/mol. The van der Waals surface area contributed by atoms with Crippen LogP contribution in [0.2, 0.25) is 0 Å². The molecule has 4 heteroatoms. The molecule has 16 valence electrons. The smallest absolute Gasteiger partial charge is 1.00 e. The van der Waals surface area contributed by atoms with Crippen LogP contribution in [0.3, 0.4) is 0 Å². The van der Waals surface area contributed by atoms with Crippen LogP contribution in [0.1, 0.15) is 4.28 Å². The van der Waals surface area contributed by atoms with Crippen molar-refractivity contribution in [3.05, 3.63) is 0 Å². The van der Waals surface area contributed by atoms with Gasteiger partial charge in [-0.3, -0.25) is 0 Å². The van der Waals surface area contributed by atoms with E-state index in [1.165, 1.54) is 0 Å². The van der Waals surface area contributed by atoms with Crippen LogP contribution >= 0.6 is 0 Å². The molecule has 0 aromatic rings. The molecular formula is H3CeKMgW. The van der Waals surface area contributed by atoms with Crippen LogP contribution in [-0.4, -0.2) is 23.1 Å². The zero-order valence-corrected chi connectivity index (χ0v) is 13.2. The van der Waals surface area contributed by atoms with E-state index < -0.39 is 0 Å². The van der Waals surface area contributed by atoms with Gasteiger partial charge in [-0.2, -0.15) is 0 Å². The van der Waals surface area contributed by atoms with Crippen molar-refractivity contribution in [1.29, 1.82) is 0 Å². The summed E-state index contributed by atoms with van der Waals surface area (Å²) in [6.07, 6.45) is 0. The van der Waals surface area contributed by atoms with Crippen molar-refractivity contribution in [2.75, 3.05) is 0 Å². The Morgan fingerprint density at radius 3 is 1.25 bits per heavy atom. The fourth-order valence-electron chi connectivity index (χ4n) is 0. The second-order valence-electron chi connectivity index (χ2n) is 0. The second kappa shape index (κ2) is 15.7. The molecule has 0 aliphatic rings. The van der Waals surface area contributed by atoms with Crippen molar-refractivity contribution in [2.24, 2.45) is 0 Å². The summed E-state index contributed by atoms with van der Waals surface area (Å²) >= 11 is 0. The Morgan fingerprint density at radius 2 is 1.25 bits per heavy atom. The van der Waals surface area contributed by atoms with Gasteiger partial charge in [-0.05, 0) is 0 Å². The van der Waals surface area contributed by atoms with E-state index in [9.17, 15) is 0 Å². The zero-order valence-electron chi connectivity index (χ0n) is 5.62. The first-order chi connectivity index (χ1) is 0. The Kier molecular flexibility index (Phi) is 92.6. The monoisotopic (exact) mass is 390 g/mol. The standard InChI is InChI=1S/Ce.K.Mg.W.3H/q;+1;+2;;3*-1. The summed E-state index contributed by atoms with van der Waals surface area (Å²) < 4.78 is 0. The van der Waals surface area contributed by atoms with Gasteiger partial charge in [0, 0.05) is 62.8 Å². The van der Waals surface area contributed by atoms with E-state index in [-0.39, 0.29) is 142 Å². The maximum Gasteiger partial charge on any atom is 2.00 e. The van der Waals surface area contributed by atoms with Gasteiger partial charge < -0.3 is 4.28 Å². The summed E-state index contributed by atoms with van der Waals surface area (Å²) in [5.41, 5.74) is 0. The van der Waals surface area contributed by atoms with E-state index in [0.717, 1.165) is 0 Å². The average molecular weight is 390 g/mol. The molecule has 0 aromatic carbocycles. The van der Waals surface area contributed by atoms with Gasteiger partial charge in [0.05, 0.1) is 0 Å². The first-order valence-corrected chi connectivity index (χ1v) is 0.